The molecule has 0 amide bonds. The van der Waals surface area contributed by atoms with Crippen LogP contribution < -0.4 is 5.46 Å². The lowest BCUT2D eigenvalue weighted by molar-refractivity contribution is 0.426. The van der Waals surface area contributed by atoms with Gasteiger partial charge in [0, 0.05) is 17.9 Å². The molecule has 0 aliphatic rings. The first-order valence-corrected chi connectivity index (χ1v) is 4.62. The van der Waals surface area contributed by atoms with E-state index in [0.29, 0.717) is 16.7 Å². The standard InChI is InChI=1S/C10H8BN3O2/c12-5-8-2-1-3-10(4-8)14-7-9(6-13-14)11(15)16/h1-4,6-7,15-16H. The second-order valence-electron chi connectivity index (χ2n) is 3.25. The molecule has 5 nitrogen and oxygen atoms in total. The summed E-state index contributed by atoms with van der Waals surface area (Å²) in [6.07, 6.45) is 2.87. The molecule has 0 aliphatic carbocycles. The molecule has 0 radical (unpaired) electrons. The molecule has 0 unspecified atom stereocenters. The highest BCUT2D eigenvalue weighted by Crippen LogP contribution is 2.07. The molecule has 0 aliphatic heterocycles. The van der Waals surface area contributed by atoms with E-state index in [4.69, 9.17) is 15.3 Å². The zero-order valence-electron chi connectivity index (χ0n) is 8.28. The van der Waals surface area contributed by atoms with Crippen molar-refractivity contribution in [3.63, 3.8) is 0 Å². The van der Waals surface area contributed by atoms with E-state index in [1.54, 1.807) is 24.3 Å². The van der Waals surface area contributed by atoms with Gasteiger partial charge in [-0.1, -0.05) is 6.07 Å². The average Bonchev–Trinajstić information content (AvgIpc) is 2.78. The quantitative estimate of drug-likeness (QED) is 0.654. The third-order valence-electron chi connectivity index (χ3n) is 2.14. The molecular weight excluding hydrogens is 205 g/mol. The van der Waals surface area contributed by atoms with E-state index < -0.39 is 7.12 Å². The Morgan fingerprint density at radius 3 is 2.81 bits per heavy atom. The minimum Gasteiger partial charge on any atom is -0.423 e. The third-order valence-corrected chi connectivity index (χ3v) is 2.14. The Morgan fingerprint density at radius 2 is 2.19 bits per heavy atom. The van der Waals surface area contributed by atoms with E-state index in [2.05, 4.69) is 5.10 Å². The topological polar surface area (TPSA) is 82.1 Å². The number of hydrogen-bond donors (Lipinski definition) is 2. The van der Waals surface area contributed by atoms with Crippen molar-refractivity contribution >= 4 is 12.6 Å². The first kappa shape index (κ1) is 10.4. The van der Waals surface area contributed by atoms with Gasteiger partial charge in [0.1, 0.15) is 0 Å². The van der Waals surface area contributed by atoms with Gasteiger partial charge < -0.3 is 10.0 Å². The summed E-state index contributed by atoms with van der Waals surface area (Å²) < 4.78 is 1.48. The Morgan fingerprint density at radius 1 is 1.38 bits per heavy atom. The number of rotatable bonds is 2. The van der Waals surface area contributed by atoms with Crippen LogP contribution in [0.5, 0.6) is 0 Å². The molecule has 0 fully saturated rings. The van der Waals surface area contributed by atoms with Crippen LogP contribution in [0.4, 0.5) is 0 Å². The highest BCUT2D eigenvalue weighted by molar-refractivity contribution is 6.58. The molecule has 2 rings (SSSR count). The molecule has 1 heterocycles. The summed E-state index contributed by atoms with van der Waals surface area (Å²) in [6.45, 7) is 0. The highest BCUT2D eigenvalue weighted by Gasteiger charge is 2.13. The van der Waals surface area contributed by atoms with Crippen molar-refractivity contribution in [2.45, 2.75) is 0 Å². The zero-order chi connectivity index (χ0) is 11.5. The minimum atomic E-state index is -1.53. The Labute approximate surface area is 92.3 Å². The number of hydrogen-bond acceptors (Lipinski definition) is 4. The Hall–Kier alpha value is -2.10. The molecule has 0 saturated carbocycles. The maximum absolute atomic E-state index is 8.93. The Kier molecular flexibility index (Phi) is 2.73. The molecule has 78 valence electrons. The van der Waals surface area contributed by atoms with Crippen LogP contribution in [0.15, 0.2) is 36.7 Å². The van der Waals surface area contributed by atoms with Crippen LogP contribution in [0.3, 0.4) is 0 Å². The summed E-state index contributed by atoms with van der Waals surface area (Å²) in [4.78, 5) is 0. The lowest BCUT2D eigenvalue weighted by Crippen LogP contribution is -2.28. The van der Waals surface area contributed by atoms with Crippen molar-refractivity contribution in [3.8, 4) is 11.8 Å². The molecule has 1 aromatic heterocycles. The fourth-order valence-corrected chi connectivity index (χ4v) is 1.33. The van der Waals surface area contributed by atoms with Crippen LogP contribution in [-0.4, -0.2) is 26.9 Å². The number of aromatic nitrogens is 2. The van der Waals surface area contributed by atoms with Crippen molar-refractivity contribution in [1.29, 1.82) is 5.26 Å². The number of nitrogens with zero attached hydrogens (tertiary/aromatic N) is 3. The number of nitriles is 1. The van der Waals surface area contributed by atoms with Gasteiger partial charge in [0.2, 0.25) is 0 Å². The summed E-state index contributed by atoms with van der Waals surface area (Å²) in [7, 11) is -1.53. The van der Waals surface area contributed by atoms with Gasteiger partial charge >= 0.3 is 7.12 Å². The third kappa shape index (κ3) is 1.96. The molecule has 2 aromatic rings. The molecule has 0 saturated heterocycles. The molecular formula is C10H8BN3O2. The van der Waals surface area contributed by atoms with Crippen LogP contribution in [0.25, 0.3) is 5.69 Å². The number of benzene rings is 1. The van der Waals surface area contributed by atoms with Crippen LogP contribution in [0.2, 0.25) is 0 Å². The van der Waals surface area contributed by atoms with Crippen molar-refractivity contribution < 1.29 is 10.0 Å². The monoisotopic (exact) mass is 213 g/mol. The van der Waals surface area contributed by atoms with Gasteiger partial charge in [-0.15, -0.1) is 0 Å². The van der Waals surface area contributed by atoms with Gasteiger partial charge in [-0.25, -0.2) is 4.68 Å². The van der Waals surface area contributed by atoms with Crippen LogP contribution in [0.1, 0.15) is 5.56 Å². The zero-order valence-corrected chi connectivity index (χ0v) is 8.28. The minimum absolute atomic E-state index is 0.308. The van der Waals surface area contributed by atoms with E-state index in [9.17, 15) is 0 Å². The van der Waals surface area contributed by atoms with Crippen molar-refractivity contribution in [2.75, 3.05) is 0 Å². The molecule has 0 bridgehead atoms. The Balaban J connectivity index is 2.39. The van der Waals surface area contributed by atoms with Gasteiger partial charge in [-0.3, -0.25) is 0 Å². The maximum Gasteiger partial charge on any atom is 0.491 e. The Bertz CT molecular complexity index is 545. The largest absolute Gasteiger partial charge is 0.491 e. The van der Waals surface area contributed by atoms with Gasteiger partial charge in [-0.2, -0.15) is 10.4 Å². The maximum atomic E-state index is 8.93. The fraction of sp³-hybridized carbons (Fsp3) is 0. The van der Waals surface area contributed by atoms with Gasteiger partial charge in [0.25, 0.3) is 0 Å². The highest BCUT2D eigenvalue weighted by atomic mass is 16.4. The van der Waals surface area contributed by atoms with Crippen LogP contribution in [-0.2, 0) is 0 Å². The van der Waals surface area contributed by atoms with Crippen LogP contribution in [0, 0.1) is 11.3 Å². The van der Waals surface area contributed by atoms with E-state index >= 15 is 0 Å². The van der Waals surface area contributed by atoms with Gasteiger partial charge in [0.15, 0.2) is 0 Å². The van der Waals surface area contributed by atoms with E-state index in [0.717, 1.165) is 0 Å². The normalized spacial score (nSPS) is 9.81. The predicted molar refractivity (Wildman–Crippen MR) is 58.1 cm³/mol. The van der Waals surface area contributed by atoms with Gasteiger partial charge in [-0.05, 0) is 18.2 Å². The summed E-state index contributed by atoms with van der Waals surface area (Å²) in [5, 5.41) is 30.6. The molecule has 0 spiro atoms. The summed E-state index contributed by atoms with van der Waals surface area (Å²) in [6, 6.07) is 8.90. The first-order valence-electron chi connectivity index (χ1n) is 4.62. The predicted octanol–water partition coefficient (Wildman–Crippen LogP) is -0.576. The second-order valence-corrected chi connectivity index (χ2v) is 3.25. The molecule has 1 aromatic carbocycles. The fourth-order valence-electron chi connectivity index (χ4n) is 1.33. The SMILES string of the molecule is N#Cc1cccc(-n2cc(B(O)O)cn2)c1. The molecule has 6 heteroatoms. The lowest BCUT2D eigenvalue weighted by Gasteiger charge is -2.00. The average molecular weight is 213 g/mol. The van der Waals surface area contributed by atoms with Crippen molar-refractivity contribution in [3.05, 3.63) is 42.2 Å². The summed E-state index contributed by atoms with van der Waals surface area (Å²) >= 11 is 0. The molecule has 0 atom stereocenters. The first-order chi connectivity index (χ1) is 7.70. The lowest BCUT2D eigenvalue weighted by atomic mass is 9.83. The second kappa shape index (κ2) is 4.19. The van der Waals surface area contributed by atoms with E-state index in [1.165, 1.54) is 17.1 Å². The van der Waals surface area contributed by atoms with Gasteiger partial charge in [0.05, 0.1) is 17.3 Å². The molecule has 16 heavy (non-hydrogen) atoms. The smallest absolute Gasteiger partial charge is 0.423 e. The van der Waals surface area contributed by atoms with E-state index in [-0.39, 0.29) is 0 Å². The summed E-state index contributed by atoms with van der Waals surface area (Å²) in [5.74, 6) is 0. The summed E-state index contributed by atoms with van der Waals surface area (Å²) in [5.41, 5.74) is 1.53. The van der Waals surface area contributed by atoms with Crippen LogP contribution >= 0.6 is 0 Å². The van der Waals surface area contributed by atoms with Crippen molar-refractivity contribution in [2.24, 2.45) is 0 Å². The van der Waals surface area contributed by atoms with Crippen molar-refractivity contribution in [1.82, 2.24) is 9.78 Å². The molecule has 2 N–H and O–H groups in total. The van der Waals surface area contributed by atoms with E-state index in [1.807, 2.05) is 6.07 Å².